The second-order valence-electron chi connectivity index (χ2n) is 14.1. The summed E-state index contributed by atoms with van der Waals surface area (Å²) < 4.78 is 10.4. The van der Waals surface area contributed by atoms with Gasteiger partial charge in [-0.25, -0.2) is 9.59 Å². The third-order valence-electron chi connectivity index (χ3n) is 8.18. The molecule has 1 aliphatic heterocycles. The number of hydrogen-bond donors (Lipinski definition) is 2. The Kier molecular flexibility index (Phi) is 12.0. The van der Waals surface area contributed by atoms with E-state index in [-0.39, 0.29) is 19.4 Å². The van der Waals surface area contributed by atoms with Crippen molar-refractivity contribution in [3.63, 3.8) is 0 Å². The first-order valence-electron chi connectivity index (χ1n) is 15.8. The first kappa shape index (κ1) is 37.6. The minimum Gasteiger partial charge on any atom is -0.467 e. The summed E-state index contributed by atoms with van der Waals surface area (Å²) in [6.45, 7) is 11.8. The summed E-state index contributed by atoms with van der Waals surface area (Å²) >= 11 is 0. The summed E-state index contributed by atoms with van der Waals surface area (Å²) in [5, 5.41) is 11.3. The van der Waals surface area contributed by atoms with Gasteiger partial charge in [-0.3, -0.25) is 19.3 Å². The number of azide groups is 1. The Labute approximate surface area is 281 Å². The zero-order valence-electron chi connectivity index (χ0n) is 29.1. The molecule has 2 N–H and O–H groups in total. The van der Waals surface area contributed by atoms with Crippen LogP contribution in [0.3, 0.4) is 0 Å². The maximum absolute atomic E-state index is 14.2. The molecule has 260 valence electrons. The second kappa shape index (κ2) is 15.4. The zero-order chi connectivity index (χ0) is 36.0. The van der Waals surface area contributed by atoms with Crippen LogP contribution in [0, 0.1) is 5.41 Å². The van der Waals surface area contributed by atoms with Crippen molar-refractivity contribution < 1.29 is 33.4 Å². The van der Waals surface area contributed by atoms with Crippen LogP contribution in [-0.4, -0.2) is 96.1 Å². The molecule has 2 aromatic carbocycles. The fourth-order valence-corrected chi connectivity index (χ4v) is 5.41. The standard InChI is InChI=1S/C34H47N7O7/c1-20(40(8)32(46)48-34(5,6)7)28(42)37-27(33(2,3)4)30(44)41-19-24(38-39-35)18-26(41)29(43)36-25(31(45)47-9)17-21-14-15-22-12-10-11-13-23(22)16-21/h10-16,20,24-27H,17-19H2,1-9H3,(H,36,43)(H,37,42)/t20-,24-,25-,26-,27?/m0/s1. The number of esters is 1. The summed E-state index contributed by atoms with van der Waals surface area (Å²) in [4.78, 5) is 72.2. The van der Waals surface area contributed by atoms with Gasteiger partial charge in [0.1, 0.15) is 29.8 Å². The monoisotopic (exact) mass is 665 g/mol. The third-order valence-corrected chi connectivity index (χ3v) is 8.18. The lowest BCUT2D eigenvalue weighted by atomic mass is 9.85. The number of fused-ring (bicyclic) bond motifs is 1. The minimum absolute atomic E-state index is 0.00803. The highest BCUT2D eigenvalue weighted by molar-refractivity contribution is 5.95. The van der Waals surface area contributed by atoms with E-state index in [4.69, 9.17) is 15.0 Å². The van der Waals surface area contributed by atoms with Gasteiger partial charge in [0, 0.05) is 24.9 Å². The average molecular weight is 666 g/mol. The van der Waals surface area contributed by atoms with Gasteiger partial charge in [-0.2, -0.15) is 0 Å². The summed E-state index contributed by atoms with van der Waals surface area (Å²) in [5.41, 5.74) is 8.32. The molecule has 2 aromatic rings. The molecule has 1 aliphatic rings. The van der Waals surface area contributed by atoms with E-state index in [1.807, 2.05) is 42.5 Å². The van der Waals surface area contributed by atoms with Gasteiger partial charge in [0.2, 0.25) is 17.7 Å². The molecule has 1 heterocycles. The number of methoxy groups -OCH3 is 1. The van der Waals surface area contributed by atoms with E-state index in [9.17, 15) is 24.0 Å². The molecular formula is C34H47N7O7. The van der Waals surface area contributed by atoms with E-state index in [0.29, 0.717) is 0 Å². The number of nitrogens with one attached hydrogen (secondary N) is 2. The lowest BCUT2D eigenvalue weighted by Crippen LogP contribution is -2.60. The Morgan fingerprint density at radius 2 is 1.69 bits per heavy atom. The highest BCUT2D eigenvalue weighted by atomic mass is 16.6. The summed E-state index contributed by atoms with van der Waals surface area (Å²) in [5.74, 6) is -2.48. The predicted octanol–water partition coefficient (Wildman–Crippen LogP) is 4.11. The Morgan fingerprint density at radius 3 is 2.27 bits per heavy atom. The highest BCUT2D eigenvalue weighted by Gasteiger charge is 2.46. The number of rotatable bonds is 10. The topological polar surface area (TPSA) is 183 Å². The molecule has 5 atom stereocenters. The van der Waals surface area contributed by atoms with Crippen LogP contribution in [0.1, 0.15) is 60.5 Å². The van der Waals surface area contributed by atoms with E-state index in [0.717, 1.165) is 21.2 Å². The second-order valence-corrected chi connectivity index (χ2v) is 14.1. The van der Waals surface area contributed by atoms with Gasteiger partial charge >= 0.3 is 12.1 Å². The molecular weight excluding hydrogens is 618 g/mol. The largest absolute Gasteiger partial charge is 0.467 e. The van der Waals surface area contributed by atoms with Crippen LogP contribution in [0.5, 0.6) is 0 Å². The first-order valence-corrected chi connectivity index (χ1v) is 15.8. The number of carbonyl (C=O) groups is 5. The van der Waals surface area contributed by atoms with E-state index >= 15 is 0 Å². The molecule has 1 unspecified atom stereocenters. The fourth-order valence-electron chi connectivity index (χ4n) is 5.41. The van der Waals surface area contributed by atoms with Crippen molar-refractivity contribution in [3.8, 4) is 0 Å². The van der Waals surface area contributed by atoms with Gasteiger partial charge in [-0.05, 0) is 61.4 Å². The Hall–Kier alpha value is -4.84. The summed E-state index contributed by atoms with van der Waals surface area (Å²) in [6.07, 6.45) is -0.567. The number of likely N-dealkylation sites (N-methyl/N-ethyl adjacent to an activating group) is 1. The van der Waals surface area contributed by atoms with E-state index in [1.54, 1.807) is 41.5 Å². The van der Waals surface area contributed by atoms with E-state index in [2.05, 4.69) is 20.7 Å². The lowest BCUT2D eigenvalue weighted by Gasteiger charge is -2.37. The van der Waals surface area contributed by atoms with Crippen LogP contribution in [0.2, 0.25) is 0 Å². The molecule has 14 heteroatoms. The quantitative estimate of drug-likeness (QED) is 0.166. The number of hydrogen-bond acceptors (Lipinski definition) is 8. The van der Waals surface area contributed by atoms with Gasteiger partial charge < -0.3 is 25.0 Å². The Balaban J connectivity index is 1.85. The van der Waals surface area contributed by atoms with Crippen LogP contribution in [0.4, 0.5) is 4.79 Å². The van der Waals surface area contributed by atoms with Crippen LogP contribution < -0.4 is 10.6 Å². The maximum atomic E-state index is 14.2. The molecule has 0 aromatic heterocycles. The third kappa shape index (κ3) is 9.60. The number of ether oxygens (including phenoxy) is 2. The van der Waals surface area contributed by atoms with Crippen LogP contribution in [0.15, 0.2) is 47.6 Å². The van der Waals surface area contributed by atoms with Crippen LogP contribution in [0.25, 0.3) is 21.2 Å². The SMILES string of the molecule is COC(=O)[C@H](Cc1ccc2ccccc2c1)NC(=O)[C@@H]1C[C@H](N=[N+]=[N-])CN1C(=O)C(NC(=O)[C@H](C)N(C)C(=O)OC(C)(C)C)C(C)(C)C. The number of nitrogens with zero attached hydrogens (tertiary/aromatic N) is 5. The molecule has 1 fully saturated rings. The van der Waals surface area contributed by atoms with Gasteiger partial charge in [-0.15, -0.1) is 0 Å². The average Bonchev–Trinajstić information content (AvgIpc) is 3.44. The molecule has 48 heavy (non-hydrogen) atoms. The highest BCUT2D eigenvalue weighted by Crippen LogP contribution is 2.28. The van der Waals surface area contributed by atoms with Crippen molar-refractivity contribution in [1.29, 1.82) is 0 Å². The van der Waals surface area contributed by atoms with Crippen molar-refractivity contribution in [1.82, 2.24) is 20.4 Å². The fraction of sp³-hybridized carbons (Fsp3) is 0.559. The van der Waals surface area contributed by atoms with Gasteiger partial charge in [0.15, 0.2) is 0 Å². The molecule has 0 radical (unpaired) electrons. The predicted molar refractivity (Wildman–Crippen MR) is 179 cm³/mol. The lowest BCUT2D eigenvalue weighted by molar-refractivity contribution is -0.147. The normalized spacial score (nSPS) is 18.1. The smallest absolute Gasteiger partial charge is 0.410 e. The summed E-state index contributed by atoms with van der Waals surface area (Å²) in [7, 11) is 2.65. The molecule has 3 rings (SSSR count). The Morgan fingerprint density at radius 1 is 1.04 bits per heavy atom. The minimum atomic E-state index is -1.13. The maximum Gasteiger partial charge on any atom is 0.410 e. The number of benzene rings is 2. The molecule has 0 aliphatic carbocycles. The first-order chi connectivity index (χ1) is 22.4. The van der Waals surface area contributed by atoms with Crippen molar-refractivity contribution in [2.45, 2.75) is 97.1 Å². The van der Waals surface area contributed by atoms with E-state index < -0.39 is 71.0 Å². The van der Waals surface area contributed by atoms with E-state index in [1.165, 1.54) is 26.0 Å². The molecule has 4 amide bonds. The van der Waals surface area contributed by atoms with Crippen molar-refractivity contribution >= 4 is 40.6 Å². The van der Waals surface area contributed by atoms with Gasteiger partial charge in [-0.1, -0.05) is 68.4 Å². The van der Waals surface area contributed by atoms with Crippen molar-refractivity contribution in [2.75, 3.05) is 20.7 Å². The molecule has 0 saturated carbocycles. The van der Waals surface area contributed by atoms with Crippen molar-refractivity contribution in [3.05, 3.63) is 58.5 Å². The Bertz CT molecular complexity index is 1580. The number of carbonyl (C=O) groups excluding carboxylic acids is 5. The molecule has 14 nitrogen and oxygen atoms in total. The number of likely N-dealkylation sites (tertiary alicyclic amines) is 1. The number of amides is 4. The summed E-state index contributed by atoms with van der Waals surface area (Å²) in [6, 6.07) is 8.44. The molecule has 0 bridgehead atoms. The zero-order valence-corrected chi connectivity index (χ0v) is 29.1. The van der Waals surface area contributed by atoms with Crippen LogP contribution in [-0.2, 0) is 35.1 Å². The van der Waals surface area contributed by atoms with Crippen molar-refractivity contribution in [2.24, 2.45) is 10.5 Å². The molecule has 0 spiro atoms. The van der Waals surface area contributed by atoms with Gasteiger partial charge in [0.25, 0.3) is 0 Å². The van der Waals surface area contributed by atoms with Crippen LogP contribution >= 0.6 is 0 Å². The molecule has 1 saturated heterocycles. The van der Waals surface area contributed by atoms with Gasteiger partial charge in [0.05, 0.1) is 13.2 Å².